The minimum Gasteiger partial charge on any atom is -0.477 e. The third-order valence-corrected chi connectivity index (χ3v) is 4.43. The van der Waals surface area contributed by atoms with Gasteiger partial charge in [0.2, 0.25) is 5.88 Å². The van der Waals surface area contributed by atoms with E-state index in [9.17, 15) is 14.3 Å². The molecule has 0 saturated carbocycles. The second kappa shape index (κ2) is 8.44. The van der Waals surface area contributed by atoms with Crippen molar-refractivity contribution in [1.29, 1.82) is 0 Å². The van der Waals surface area contributed by atoms with Crippen molar-refractivity contribution in [3.8, 4) is 5.88 Å². The van der Waals surface area contributed by atoms with E-state index in [1.165, 1.54) is 30.5 Å². The van der Waals surface area contributed by atoms with Crippen LogP contribution in [0.25, 0.3) is 0 Å². The molecule has 1 aromatic carbocycles. The minimum atomic E-state index is -1.11. The van der Waals surface area contributed by atoms with Crippen LogP contribution in [0.1, 0.15) is 22.0 Å². The molecular formula is C18H18ClFN2O4. The molecular weight excluding hydrogens is 363 g/mol. The molecule has 2 heterocycles. The number of carboxylic acids is 1. The van der Waals surface area contributed by atoms with Crippen molar-refractivity contribution >= 4 is 17.6 Å². The molecule has 2 aromatic rings. The van der Waals surface area contributed by atoms with Gasteiger partial charge in [-0.1, -0.05) is 17.7 Å². The van der Waals surface area contributed by atoms with Crippen molar-refractivity contribution in [2.45, 2.75) is 6.10 Å². The molecule has 1 fully saturated rings. The normalized spacial score (nSPS) is 20.4. The molecule has 138 valence electrons. The Morgan fingerprint density at radius 3 is 3.08 bits per heavy atom. The van der Waals surface area contributed by atoms with Gasteiger partial charge in [0.1, 0.15) is 11.4 Å². The van der Waals surface area contributed by atoms with Gasteiger partial charge in [-0.2, -0.15) is 0 Å². The topological polar surface area (TPSA) is 80.7 Å². The third-order valence-electron chi connectivity index (χ3n) is 4.12. The van der Waals surface area contributed by atoms with Gasteiger partial charge >= 0.3 is 5.97 Å². The highest BCUT2D eigenvalue weighted by Crippen LogP contribution is 2.30. The highest BCUT2D eigenvalue weighted by atomic mass is 35.5. The highest BCUT2D eigenvalue weighted by Gasteiger charge is 2.28. The second-order valence-corrected chi connectivity index (χ2v) is 6.31. The first kappa shape index (κ1) is 18.6. The van der Waals surface area contributed by atoms with Gasteiger partial charge in [-0.05, 0) is 29.8 Å². The Kier molecular flexibility index (Phi) is 6.03. The molecule has 1 saturated heterocycles. The molecule has 1 aliphatic heterocycles. The molecule has 0 spiro atoms. The average molecular weight is 381 g/mol. The van der Waals surface area contributed by atoms with E-state index >= 15 is 0 Å². The number of rotatable bonds is 5. The lowest BCUT2D eigenvalue weighted by atomic mass is 9.96. The number of carbonyl (C=O) groups is 1. The van der Waals surface area contributed by atoms with Crippen LogP contribution in [0.3, 0.4) is 0 Å². The number of carboxylic acid groups (broad SMARTS) is 1. The fraction of sp³-hybridized carbons (Fsp3) is 0.333. The monoisotopic (exact) mass is 380 g/mol. The van der Waals surface area contributed by atoms with E-state index in [1.807, 2.05) is 0 Å². The molecule has 0 radical (unpaired) electrons. The van der Waals surface area contributed by atoms with Gasteiger partial charge in [0, 0.05) is 25.2 Å². The molecule has 1 aromatic heterocycles. The first-order valence-corrected chi connectivity index (χ1v) is 8.52. The lowest BCUT2D eigenvalue weighted by Crippen LogP contribution is -2.29. The first-order valence-electron chi connectivity index (χ1n) is 8.14. The van der Waals surface area contributed by atoms with E-state index < -0.39 is 17.9 Å². The number of nitrogens with zero attached hydrogens (tertiary/aromatic N) is 1. The summed E-state index contributed by atoms with van der Waals surface area (Å²) in [6.07, 6.45) is 1.06. The Balaban J connectivity index is 1.79. The van der Waals surface area contributed by atoms with Gasteiger partial charge in [0.25, 0.3) is 0 Å². The van der Waals surface area contributed by atoms with Crippen molar-refractivity contribution in [1.82, 2.24) is 10.3 Å². The summed E-state index contributed by atoms with van der Waals surface area (Å²) in [5.41, 5.74) is 0.646. The van der Waals surface area contributed by atoms with Crippen LogP contribution in [0, 0.1) is 11.7 Å². The van der Waals surface area contributed by atoms with Crippen LogP contribution in [0.5, 0.6) is 5.88 Å². The Morgan fingerprint density at radius 1 is 1.46 bits per heavy atom. The first-order chi connectivity index (χ1) is 12.6. The molecule has 3 rings (SSSR count). The number of hydrogen-bond acceptors (Lipinski definition) is 5. The summed E-state index contributed by atoms with van der Waals surface area (Å²) in [7, 11) is 0. The van der Waals surface area contributed by atoms with Gasteiger partial charge in [0.15, 0.2) is 0 Å². The molecule has 0 bridgehead atoms. The smallest absolute Gasteiger partial charge is 0.341 e. The number of benzene rings is 1. The van der Waals surface area contributed by atoms with Crippen molar-refractivity contribution in [3.63, 3.8) is 0 Å². The van der Waals surface area contributed by atoms with Gasteiger partial charge in [0.05, 0.1) is 24.3 Å². The lowest BCUT2D eigenvalue weighted by Gasteiger charge is -2.25. The number of aromatic nitrogens is 1. The quantitative estimate of drug-likeness (QED) is 0.830. The summed E-state index contributed by atoms with van der Waals surface area (Å²) in [4.78, 5) is 15.3. The van der Waals surface area contributed by atoms with Gasteiger partial charge in [-0.3, -0.25) is 0 Å². The van der Waals surface area contributed by atoms with E-state index in [1.54, 1.807) is 6.07 Å². The zero-order valence-electron chi connectivity index (χ0n) is 13.8. The standard InChI is InChI=1S/C18H18ClFN2O4/c19-14-4-3-11(8-15(14)20)16-12(9-21-6-7-25-16)10-26-17-13(18(23)24)2-1-5-22-17/h1-5,8,12,16,21H,6-7,9-10H2,(H,23,24)/t12-,16-/m0/s1. The van der Waals surface area contributed by atoms with Crippen molar-refractivity contribution in [2.75, 3.05) is 26.3 Å². The van der Waals surface area contributed by atoms with Crippen LogP contribution >= 0.6 is 11.6 Å². The van der Waals surface area contributed by atoms with Crippen molar-refractivity contribution < 1.29 is 23.8 Å². The van der Waals surface area contributed by atoms with E-state index in [0.717, 1.165) is 0 Å². The largest absolute Gasteiger partial charge is 0.477 e. The van der Waals surface area contributed by atoms with Crippen LogP contribution < -0.4 is 10.1 Å². The van der Waals surface area contributed by atoms with Crippen LogP contribution in [0.15, 0.2) is 36.5 Å². The molecule has 1 aliphatic rings. The number of hydrogen-bond donors (Lipinski definition) is 2. The molecule has 2 N–H and O–H groups in total. The summed E-state index contributed by atoms with van der Waals surface area (Å²) < 4.78 is 25.4. The maximum atomic E-state index is 13.8. The highest BCUT2D eigenvalue weighted by molar-refractivity contribution is 6.30. The Bertz CT molecular complexity index is 790. The lowest BCUT2D eigenvalue weighted by molar-refractivity contribution is 0.0144. The van der Waals surface area contributed by atoms with Gasteiger partial charge in [-0.25, -0.2) is 14.2 Å². The molecule has 2 atom stereocenters. The van der Waals surface area contributed by atoms with Gasteiger partial charge < -0.3 is 19.9 Å². The SMILES string of the molecule is O=C(O)c1cccnc1OC[C@@H]1CNCCO[C@H]1c1ccc(Cl)c(F)c1. The molecule has 26 heavy (non-hydrogen) atoms. The molecule has 6 nitrogen and oxygen atoms in total. The predicted molar refractivity (Wildman–Crippen MR) is 93.2 cm³/mol. The van der Waals surface area contributed by atoms with Crippen molar-refractivity contribution in [3.05, 3.63) is 58.5 Å². The zero-order valence-corrected chi connectivity index (χ0v) is 14.6. The Morgan fingerprint density at radius 2 is 2.31 bits per heavy atom. The van der Waals surface area contributed by atoms with E-state index in [-0.39, 0.29) is 29.0 Å². The minimum absolute atomic E-state index is 0.0101. The molecule has 8 heteroatoms. The van der Waals surface area contributed by atoms with Gasteiger partial charge in [-0.15, -0.1) is 0 Å². The summed E-state index contributed by atoms with van der Waals surface area (Å²) in [5, 5.41) is 12.5. The second-order valence-electron chi connectivity index (χ2n) is 5.90. The summed E-state index contributed by atoms with van der Waals surface area (Å²) in [6, 6.07) is 7.53. The van der Waals surface area contributed by atoms with Crippen LogP contribution in [0.2, 0.25) is 5.02 Å². The summed E-state index contributed by atoms with van der Waals surface area (Å²) in [5.74, 6) is -1.74. The van der Waals surface area contributed by atoms with Crippen LogP contribution in [-0.4, -0.2) is 42.4 Å². The maximum absolute atomic E-state index is 13.8. The Hall–Kier alpha value is -2.22. The number of ether oxygens (including phenoxy) is 2. The molecule has 0 amide bonds. The fourth-order valence-electron chi connectivity index (χ4n) is 2.85. The Labute approximate surface area is 154 Å². The van der Waals surface area contributed by atoms with Crippen molar-refractivity contribution in [2.24, 2.45) is 5.92 Å². The fourth-order valence-corrected chi connectivity index (χ4v) is 2.96. The maximum Gasteiger partial charge on any atom is 0.341 e. The van der Waals surface area contributed by atoms with E-state index in [4.69, 9.17) is 21.1 Å². The van der Waals surface area contributed by atoms with Crippen LogP contribution in [0.4, 0.5) is 4.39 Å². The predicted octanol–water partition coefficient (Wildman–Crippen LogP) is 2.93. The number of pyridine rings is 1. The summed E-state index contributed by atoms with van der Waals surface area (Å²) in [6.45, 7) is 1.87. The van der Waals surface area contributed by atoms with E-state index in [2.05, 4.69) is 10.3 Å². The molecule has 0 aliphatic carbocycles. The number of nitrogens with one attached hydrogen (secondary N) is 1. The number of halogens is 2. The average Bonchev–Trinajstić information content (AvgIpc) is 2.88. The zero-order chi connectivity index (χ0) is 18.5. The third kappa shape index (κ3) is 4.30. The summed E-state index contributed by atoms with van der Waals surface area (Å²) >= 11 is 5.76. The number of aromatic carboxylic acids is 1. The van der Waals surface area contributed by atoms with E-state index in [0.29, 0.717) is 25.3 Å². The molecule has 0 unspecified atom stereocenters. The van der Waals surface area contributed by atoms with Crippen LogP contribution in [-0.2, 0) is 4.74 Å².